The van der Waals surface area contributed by atoms with Crippen molar-refractivity contribution in [2.45, 2.75) is 58.8 Å². The SMILES string of the molecule is CCCCC(=O)NC(Nc1nc2cc(C)c(C)cc2s1)(C(=O)OCC)C(F)(F)F. The Bertz CT molecular complexity index is 859. The third-order valence-electron chi connectivity index (χ3n) is 4.39. The van der Waals surface area contributed by atoms with Gasteiger partial charge in [0.05, 0.1) is 16.8 Å². The van der Waals surface area contributed by atoms with Crippen molar-refractivity contribution in [2.75, 3.05) is 11.9 Å². The van der Waals surface area contributed by atoms with Crippen LogP contribution < -0.4 is 10.6 Å². The molecule has 2 rings (SSSR count). The lowest BCUT2D eigenvalue weighted by molar-refractivity contribution is -0.207. The number of halogens is 3. The zero-order valence-electron chi connectivity index (χ0n) is 16.7. The lowest BCUT2D eigenvalue weighted by Crippen LogP contribution is -2.69. The first kappa shape index (κ1) is 22.9. The van der Waals surface area contributed by atoms with E-state index in [-0.39, 0.29) is 18.2 Å². The molecule has 0 saturated carbocycles. The van der Waals surface area contributed by atoms with Gasteiger partial charge in [-0.15, -0.1) is 0 Å². The number of amides is 1. The first-order valence-electron chi connectivity index (χ1n) is 9.25. The minimum absolute atomic E-state index is 0.145. The van der Waals surface area contributed by atoms with E-state index in [0.717, 1.165) is 22.5 Å². The molecule has 160 valence electrons. The van der Waals surface area contributed by atoms with Gasteiger partial charge in [-0.2, -0.15) is 13.2 Å². The number of aryl methyl sites for hydroxylation is 2. The van der Waals surface area contributed by atoms with Crippen LogP contribution in [0.5, 0.6) is 0 Å². The third kappa shape index (κ3) is 4.98. The summed E-state index contributed by atoms with van der Waals surface area (Å²) in [5, 5.41) is 3.80. The van der Waals surface area contributed by atoms with Gasteiger partial charge in [0, 0.05) is 6.42 Å². The molecule has 29 heavy (non-hydrogen) atoms. The van der Waals surface area contributed by atoms with E-state index in [0.29, 0.717) is 23.1 Å². The van der Waals surface area contributed by atoms with Crippen LogP contribution in [-0.4, -0.2) is 35.3 Å². The van der Waals surface area contributed by atoms with Crippen molar-refractivity contribution >= 4 is 38.6 Å². The van der Waals surface area contributed by atoms with Gasteiger partial charge in [0.2, 0.25) is 5.91 Å². The average molecular weight is 431 g/mol. The van der Waals surface area contributed by atoms with Crippen LogP contribution in [0, 0.1) is 13.8 Å². The second-order valence-electron chi connectivity index (χ2n) is 6.67. The van der Waals surface area contributed by atoms with E-state index in [9.17, 15) is 22.8 Å². The van der Waals surface area contributed by atoms with Crippen LogP contribution in [0.2, 0.25) is 0 Å². The number of ether oxygens (including phenoxy) is 1. The molecule has 1 aromatic heterocycles. The first-order valence-corrected chi connectivity index (χ1v) is 10.1. The second kappa shape index (κ2) is 8.98. The van der Waals surface area contributed by atoms with Crippen molar-refractivity contribution in [1.82, 2.24) is 10.3 Å². The number of carbonyl (C=O) groups is 2. The van der Waals surface area contributed by atoms with Crippen molar-refractivity contribution in [3.8, 4) is 0 Å². The minimum atomic E-state index is -5.16. The molecule has 2 aromatic rings. The van der Waals surface area contributed by atoms with Gasteiger partial charge in [-0.1, -0.05) is 24.7 Å². The highest BCUT2D eigenvalue weighted by Gasteiger charge is 2.64. The van der Waals surface area contributed by atoms with Crippen molar-refractivity contribution in [3.05, 3.63) is 23.3 Å². The summed E-state index contributed by atoms with van der Waals surface area (Å²) in [6.45, 7) is 6.67. The van der Waals surface area contributed by atoms with E-state index in [1.807, 2.05) is 25.2 Å². The molecule has 6 nitrogen and oxygen atoms in total. The second-order valence-corrected chi connectivity index (χ2v) is 7.70. The molecule has 0 fully saturated rings. The summed E-state index contributed by atoms with van der Waals surface area (Å²) in [5.41, 5.74) is -1.02. The van der Waals surface area contributed by atoms with E-state index in [4.69, 9.17) is 0 Å². The van der Waals surface area contributed by atoms with E-state index < -0.39 is 23.7 Å². The fourth-order valence-electron chi connectivity index (χ4n) is 2.63. The Morgan fingerprint density at radius 2 is 1.83 bits per heavy atom. The number of thiazole rings is 1. The largest absolute Gasteiger partial charge is 0.463 e. The molecule has 0 saturated heterocycles. The monoisotopic (exact) mass is 431 g/mol. The maximum absolute atomic E-state index is 14.1. The maximum atomic E-state index is 14.1. The lowest BCUT2D eigenvalue weighted by atomic mass is 10.1. The van der Waals surface area contributed by atoms with Crippen LogP contribution >= 0.6 is 11.3 Å². The highest BCUT2D eigenvalue weighted by Crippen LogP contribution is 2.36. The van der Waals surface area contributed by atoms with Crippen LogP contribution in [0.4, 0.5) is 18.3 Å². The quantitative estimate of drug-likeness (QED) is 0.477. The molecule has 1 aromatic carbocycles. The number of fused-ring (bicyclic) bond motifs is 1. The standard InChI is InChI=1S/C19H24F3N3O3S/c1-5-7-8-15(26)24-18(19(20,21)22,16(27)28-6-2)25-17-23-13-9-11(3)12(4)10-14(13)29-17/h9-10H,5-8H2,1-4H3,(H,23,25)(H,24,26). The fourth-order valence-corrected chi connectivity index (χ4v) is 3.63. The molecule has 10 heteroatoms. The molecular weight excluding hydrogens is 407 g/mol. The van der Waals surface area contributed by atoms with Gasteiger partial charge in [0.1, 0.15) is 0 Å². The van der Waals surface area contributed by atoms with Gasteiger partial charge in [0.15, 0.2) is 5.13 Å². The molecule has 1 unspecified atom stereocenters. The van der Waals surface area contributed by atoms with Gasteiger partial charge in [-0.05, 0) is 50.5 Å². The Labute approximate surface area is 170 Å². The number of nitrogens with one attached hydrogen (secondary N) is 2. The van der Waals surface area contributed by atoms with Crippen LogP contribution in [0.15, 0.2) is 12.1 Å². The first-order chi connectivity index (χ1) is 13.5. The van der Waals surface area contributed by atoms with Crippen molar-refractivity contribution < 1.29 is 27.5 Å². The highest BCUT2D eigenvalue weighted by atomic mass is 32.1. The minimum Gasteiger partial charge on any atom is -0.463 e. The average Bonchev–Trinajstić information content (AvgIpc) is 2.99. The van der Waals surface area contributed by atoms with Gasteiger partial charge in [0.25, 0.3) is 0 Å². The summed E-state index contributed by atoms with van der Waals surface area (Å²) in [4.78, 5) is 28.7. The fraction of sp³-hybridized carbons (Fsp3) is 0.526. The molecule has 0 bridgehead atoms. The summed E-state index contributed by atoms with van der Waals surface area (Å²) in [6, 6.07) is 3.57. The lowest BCUT2D eigenvalue weighted by Gasteiger charge is -2.34. The van der Waals surface area contributed by atoms with E-state index in [2.05, 4.69) is 15.0 Å². The molecule has 0 spiro atoms. The normalized spacial score (nSPS) is 13.8. The number of aromatic nitrogens is 1. The molecule has 0 aliphatic heterocycles. The Kier molecular flexibility index (Phi) is 7.10. The van der Waals surface area contributed by atoms with E-state index >= 15 is 0 Å². The molecule has 0 aliphatic carbocycles. The van der Waals surface area contributed by atoms with E-state index in [1.54, 1.807) is 13.0 Å². The summed E-state index contributed by atoms with van der Waals surface area (Å²) < 4.78 is 47.6. The molecule has 1 amide bonds. The Morgan fingerprint density at radius 1 is 1.17 bits per heavy atom. The molecule has 1 heterocycles. The molecule has 0 aliphatic rings. The molecule has 0 radical (unpaired) electrons. The van der Waals surface area contributed by atoms with Gasteiger partial charge >= 0.3 is 17.8 Å². The highest BCUT2D eigenvalue weighted by molar-refractivity contribution is 7.22. The zero-order chi connectivity index (χ0) is 21.8. The topological polar surface area (TPSA) is 80.3 Å². The maximum Gasteiger partial charge on any atom is 0.442 e. The van der Waals surface area contributed by atoms with Crippen molar-refractivity contribution in [1.29, 1.82) is 0 Å². The summed E-state index contributed by atoms with van der Waals surface area (Å²) >= 11 is 0.962. The van der Waals surface area contributed by atoms with Crippen molar-refractivity contribution in [2.24, 2.45) is 0 Å². The smallest absolute Gasteiger partial charge is 0.442 e. The predicted octanol–water partition coefficient (Wildman–Crippen LogP) is 4.45. The van der Waals surface area contributed by atoms with Crippen LogP contribution in [-0.2, 0) is 14.3 Å². The molecular formula is C19H24F3N3O3S. The number of esters is 1. The Balaban J connectivity index is 2.50. The van der Waals surface area contributed by atoms with Crippen LogP contribution in [0.3, 0.4) is 0 Å². The molecule has 2 N–H and O–H groups in total. The number of nitrogens with zero attached hydrogens (tertiary/aromatic N) is 1. The number of hydrogen-bond donors (Lipinski definition) is 2. The van der Waals surface area contributed by atoms with Gasteiger partial charge in [-0.3, -0.25) is 4.79 Å². The number of rotatable bonds is 8. The van der Waals surface area contributed by atoms with Crippen LogP contribution in [0.25, 0.3) is 10.2 Å². The van der Waals surface area contributed by atoms with Gasteiger partial charge in [-0.25, -0.2) is 9.78 Å². The number of anilines is 1. The van der Waals surface area contributed by atoms with Crippen LogP contribution in [0.1, 0.15) is 44.2 Å². The molecule has 1 atom stereocenters. The van der Waals surface area contributed by atoms with Crippen molar-refractivity contribution in [3.63, 3.8) is 0 Å². The number of carbonyl (C=O) groups excluding carboxylic acids is 2. The number of benzene rings is 1. The number of unbranched alkanes of at least 4 members (excludes halogenated alkanes) is 1. The summed E-state index contributed by atoms with van der Waals surface area (Å²) in [6.07, 6.45) is -4.30. The number of hydrogen-bond acceptors (Lipinski definition) is 6. The zero-order valence-corrected chi connectivity index (χ0v) is 17.5. The summed E-state index contributed by atoms with van der Waals surface area (Å²) in [5.74, 6) is -2.54. The Hall–Kier alpha value is -2.36. The summed E-state index contributed by atoms with van der Waals surface area (Å²) in [7, 11) is 0. The number of alkyl halides is 3. The predicted molar refractivity (Wildman–Crippen MR) is 106 cm³/mol. The Morgan fingerprint density at radius 3 is 2.41 bits per heavy atom. The van der Waals surface area contributed by atoms with E-state index in [1.165, 1.54) is 6.92 Å². The van der Waals surface area contributed by atoms with Gasteiger partial charge < -0.3 is 15.4 Å². The third-order valence-corrected chi connectivity index (χ3v) is 5.32.